The Morgan fingerprint density at radius 2 is 2.17 bits per heavy atom. The van der Waals surface area contributed by atoms with Crippen LogP contribution in [0.5, 0.6) is 0 Å². The zero-order valence-corrected chi connectivity index (χ0v) is 9.60. The van der Waals surface area contributed by atoms with E-state index in [9.17, 15) is 4.79 Å². The molecule has 0 spiro atoms. The van der Waals surface area contributed by atoms with E-state index in [0.29, 0.717) is 13.0 Å². The highest BCUT2D eigenvalue weighted by Crippen LogP contribution is 2.22. The van der Waals surface area contributed by atoms with Crippen LogP contribution >= 0.6 is 0 Å². The molecule has 7 nitrogen and oxygen atoms in total. The van der Waals surface area contributed by atoms with Gasteiger partial charge in [0.05, 0.1) is 5.69 Å². The second-order valence-corrected chi connectivity index (χ2v) is 4.24. The van der Waals surface area contributed by atoms with E-state index in [1.54, 1.807) is 9.58 Å². The highest BCUT2D eigenvalue weighted by Gasteiger charge is 2.28. The van der Waals surface area contributed by atoms with E-state index in [0.717, 1.165) is 11.4 Å². The predicted octanol–water partition coefficient (Wildman–Crippen LogP) is -0.274. The van der Waals surface area contributed by atoms with Gasteiger partial charge in [-0.2, -0.15) is 0 Å². The molecule has 1 saturated heterocycles. The molecule has 1 aromatic heterocycles. The van der Waals surface area contributed by atoms with E-state index in [1.807, 2.05) is 24.3 Å². The first kappa shape index (κ1) is 10.8. The number of amides is 1. The Morgan fingerprint density at radius 3 is 2.83 bits per heavy atom. The molecule has 92 valence electrons. The second-order valence-electron chi connectivity index (χ2n) is 4.24. The number of aromatic nitrogens is 4. The zero-order valence-electron chi connectivity index (χ0n) is 9.60. The Labute approximate surface area is 103 Å². The SMILES string of the molecule is NC1CC(=O)N(c2cccc(-n3cnnn3)c2)C1. The standard InChI is InChI=1S/C11H12N6O/c12-8-4-11(18)16(6-8)9-2-1-3-10(5-9)17-7-13-14-15-17/h1-3,5,7-8H,4,6,12H2. The molecule has 1 aliphatic heterocycles. The monoisotopic (exact) mass is 244 g/mol. The molecule has 1 amide bonds. The van der Waals surface area contributed by atoms with Gasteiger partial charge in [0.1, 0.15) is 6.33 Å². The first-order valence-corrected chi connectivity index (χ1v) is 5.63. The maximum Gasteiger partial charge on any atom is 0.228 e. The van der Waals surface area contributed by atoms with Gasteiger partial charge in [-0.3, -0.25) is 4.79 Å². The Morgan fingerprint density at radius 1 is 1.33 bits per heavy atom. The summed E-state index contributed by atoms with van der Waals surface area (Å²) in [6.45, 7) is 0.553. The predicted molar refractivity (Wildman–Crippen MR) is 64.1 cm³/mol. The number of carbonyl (C=O) groups excluding carboxylic acids is 1. The lowest BCUT2D eigenvalue weighted by Crippen LogP contribution is -2.28. The molecule has 0 bridgehead atoms. The summed E-state index contributed by atoms with van der Waals surface area (Å²) in [5.41, 5.74) is 7.42. The molecule has 3 rings (SSSR count). The van der Waals surface area contributed by atoms with Gasteiger partial charge in [-0.1, -0.05) is 6.07 Å². The van der Waals surface area contributed by atoms with Crippen molar-refractivity contribution in [2.24, 2.45) is 5.73 Å². The van der Waals surface area contributed by atoms with Crippen LogP contribution in [0, 0.1) is 0 Å². The molecule has 1 unspecified atom stereocenters. The molecule has 0 radical (unpaired) electrons. The summed E-state index contributed by atoms with van der Waals surface area (Å²) in [6.07, 6.45) is 1.91. The summed E-state index contributed by atoms with van der Waals surface area (Å²) in [5, 5.41) is 11.0. The number of tetrazole rings is 1. The third kappa shape index (κ3) is 1.84. The van der Waals surface area contributed by atoms with Gasteiger partial charge < -0.3 is 10.6 Å². The Balaban J connectivity index is 1.94. The van der Waals surface area contributed by atoms with Crippen LogP contribution in [0.15, 0.2) is 30.6 Å². The van der Waals surface area contributed by atoms with E-state index < -0.39 is 0 Å². The molecular weight excluding hydrogens is 232 g/mol. The Kier molecular flexibility index (Phi) is 2.52. The fourth-order valence-electron chi connectivity index (χ4n) is 2.07. The van der Waals surface area contributed by atoms with Crippen LogP contribution in [0.1, 0.15) is 6.42 Å². The van der Waals surface area contributed by atoms with Gasteiger partial charge >= 0.3 is 0 Å². The first-order chi connectivity index (χ1) is 8.74. The number of nitrogens with two attached hydrogens (primary N) is 1. The molecule has 1 fully saturated rings. The summed E-state index contributed by atoms with van der Waals surface area (Å²) < 4.78 is 1.55. The summed E-state index contributed by atoms with van der Waals surface area (Å²) in [6, 6.07) is 7.40. The summed E-state index contributed by atoms with van der Waals surface area (Å²) in [5.74, 6) is 0.0522. The third-order valence-corrected chi connectivity index (χ3v) is 2.91. The normalized spacial score (nSPS) is 19.5. The molecule has 0 saturated carbocycles. The minimum Gasteiger partial charge on any atom is -0.326 e. The van der Waals surface area contributed by atoms with Crippen molar-refractivity contribution < 1.29 is 4.79 Å². The van der Waals surface area contributed by atoms with E-state index in [-0.39, 0.29) is 11.9 Å². The topological polar surface area (TPSA) is 89.9 Å². The average molecular weight is 244 g/mol. The van der Waals surface area contributed by atoms with Crippen LogP contribution in [-0.2, 0) is 4.79 Å². The van der Waals surface area contributed by atoms with Gasteiger partial charge in [-0.15, -0.1) is 5.10 Å². The number of rotatable bonds is 2. The van der Waals surface area contributed by atoms with Gasteiger partial charge in [0.15, 0.2) is 0 Å². The minimum absolute atomic E-state index is 0.0522. The van der Waals surface area contributed by atoms with Crippen molar-refractivity contribution in [3.8, 4) is 5.69 Å². The molecule has 2 aromatic rings. The van der Waals surface area contributed by atoms with Crippen LogP contribution in [0.2, 0.25) is 0 Å². The van der Waals surface area contributed by atoms with E-state index in [1.165, 1.54) is 6.33 Å². The number of nitrogens with zero attached hydrogens (tertiary/aromatic N) is 5. The largest absolute Gasteiger partial charge is 0.326 e. The molecule has 2 heterocycles. The molecule has 0 aliphatic carbocycles. The number of carbonyl (C=O) groups is 1. The van der Waals surface area contributed by atoms with Gasteiger partial charge in [-0.05, 0) is 28.6 Å². The summed E-state index contributed by atoms with van der Waals surface area (Å²) in [7, 11) is 0. The Bertz CT molecular complexity index is 567. The highest BCUT2D eigenvalue weighted by molar-refractivity contribution is 5.96. The summed E-state index contributed by atoms with van der Waals surface area (Å²) in [4.78, 5) is 13.5. The van der Waals surface area contributed by atoms with Crippen LogP contribution in [-0.4, -0.2) is 38.7 Å². The number of hydrogen-bond donors (Lipinski definition) is 1. The first-order valence-electron chi connectivity index (χ1n) is 5.63. The molecule has 1 atom stereocenters. The number of hydrogen-bond acceptors (Lipinski definition) is 5. The van der Waals surface area contributed by atoms with Crippen molar-refractivity contribution >= 4 is 11.6 Å². The smallest absolute Gasteiger partial charge is 0.228 e. The van der Waals surface area contributed by atoms with Crippen molar-refractivity contribution in [1.29, 1.82) is 0 Å². The molecule has 18 heavy (non-hydrogen) atoms. The molecule has 2 N–H and O–H groups in total. The Hall–Kier alpha value is -2.28. The molecular formula is C11H12N6O. The average Bonchev–Trinajstić information content (AvgIpc) is 2.99. The van der Waals surface area contributed by atoms with Crippen molar-refractivity contribution in [2.75, 3.05) is 11.4 Å². The number of anilines is 1. The number of benzene rings is 1. The lowest BCUT2D eigenvalue weighted by Gasteiger charge is -2.16. The molecule has 1 aromatic carbocycles. The summed E-state index contributed by atoms with van der Waals surface area (Å²) >= 11 is 0. The van der Waals surface area contributed by atoms with Crippen molar-refractivity contribution in [1.82, 2.24) is 20.2 Å². The van der Waals surface area contributed by atoms with Gasteiger partial charge in [0.2, 0.25) is 5.91 Å². The van der Waals surface area contributed by atoms with Gasteiger partial charge in [0.25, 0.3) is 0 Å². The van der Waals surface area contributed by atoms with Gasteiger partial charge in [0, 0.05) is 24.7 Å². The molecule has 7 heteroatoms. The van der Waals surface area contributed by atoms with Crippen LogP contribution in [0.3, 0.4) is 0 Å². The van der Waals surface area contributed by atoms with Crippen molar-refractivity contribution in [3.63, 3.8) is 0 Å². The maximum atomic E-state index is 11.8. The second kappa shape index (κ2) is 4.19. The van der Waals surface area contributed by atoms with E-state index in [4.69, 9.17) is 5.73 Å². The van der Waals surface area contributed by atoms with Crippen molar-refractivity contribution in [2.45, 2.75) is 12.5 Å². The van der Waals surface area contributed by atoms with Gasteiger partial charge in [-0.25, -0.2) is 4.68 Å². The maximum absolute atomic E-state index is 11.8. The van der Waals surface area contributed by atoms with Crippen LogP contribution < -0.4 is 10.6 Å². The molecule has 1 aliphatic rings. The lowest BCUT2D eigenvalue weighted by molar-refractivity contribution is -0.117. The van der Waals surface area contributed by atoms with E-state index >= 15 is 0 Å². The van der Waals surface area contributed by atoms with Crippen LogP contribution in [0.25, 0.3) is 5.69 Å². The minimum atomic E-state index is -0.0887. The highest BCUT2D eigenvalue weighted by atomic mass is 16.2. The third-order valence-electron chi connectivity index (χ3n) is 2.91. The van der Waals surface area contributed by atoms with Crippen molar-refractivity contribution in [3.05, 3.63) is 30.6 Å². The lowest BCUT2D eigenvalue weighted by atomic mass is 10.2. The fourth-order valence-corrected chi connectivity index (χ4v) is 2.07. The quantitative estimate of drug-likeness (QED) is 0.785. The zero-order chi connectivity index (χ0) is 12.5. The van der Waals surface area contributed by atoms with E-state index in [2.05, 4.69) is 15.5 Å². The van der Waals surface area contributed by atoms with Crippen LogP contribution in [0.4, 0.5) is 5.69 Å². The fraction of sp³-hybridized carbons (Fsp3) is 0.273.